The Morgan fingerprint density at radius 1 is 0.871 bits per heavy atom. The van der Waals surface area contributed by atoms with Crippen molar-refractivity contribution in [2.45, 2.75) is 0 Å². The smallest absolute Gasteiger partial charge is 0.276 e. The molecule has 0 N–H and O–H groups in total. The second-order valence-electron chi connectivity index (χ2n) is 7.51. The molecule has 4 heterocycles. The third kappa shape index (κ3) is 4.19. The van der Waals surface area contributed by atoms with E-state index in [4.69, 9.17) is 4.74 Å². The summed E-state index contributed by atoms with van der Waals surface area (Å²) in [5.41, 5.74) is 2.24. The van der Waals surface area contributed by atoms with E-state index in [1.807, 2.05) is 35.2 Å². The summed E-state index contributed by atoms with van der Waals surface area (Å²) in [5, 5.41) is 17.1. The molecule has 0 radical (unpaired) electrons. The molecule has 1 amide bonds. The minimum atomic E-state index is -0.102. The maximum absolute atomic E-state index is 12.9. The van der Waals surface area contributed by atoms with Gasteiger partial charge in [0.15, 0.2) is 11.5 Å². The highest BCUT2D eigenvalue weighted by Crippen LogP contribution is 2.21. The number of ether oxygens (including phenoxy) is 1. The number of anilines is 2. The van der Waals surface area contributed by atoms with Gasteiger partial charge in [-0.1, -0.05) is 18.2 Å². The minimum Gasteiger partial charge on any atom is -0.378 e. The number of benzene rings is 1. The molecule has 31 heavy (non-hydrogen) atoms. The molecule has 0 aliphatic carbocycles. The Kier molecular flexibility index (Phi) is 5.44. The Balaban J connectivity index is 1.22. The molecule has 10 nitrogen and oxygen atoms in total. The molecular weight excluding hydrogens is 396 g/mol. The summed E-state index contributed by atoms with van der Waals surface area (Å²) in [4.78, 5) is 20.6. The van der Waals surface area contributed by atoms with E-state index in [1.54, 1.807) is 6.20 Å². The molecule has 0 bridgehead atoms. The summed E-state index contributed by atoms with van der Waals surface area (Å²) in [6, 6.07) is 11.6. The van der Waals surface area contributed by atoms with Crippen molar-refractivity contribution in [3.63, 3.8) is 0 Å². The van der Waals surface area contributed by atoms with Crippen molar-refractivity contribution < 1.29 is 9.53 Å². The highest BCUT2D eigenvalue weighted by molar-refractivity contribution is 5.92. The van der Waals surface area contributed by atoms with Crippen molar-refractivity contribution >= 4 is 17.4 Å². The van der Waals surface area contributed by atoms with Crippen LogP contribution in [0.15, 0.2) is 48.8 Å². The fourth-order valence-corrected chi connectivity index (χ4v) is 3.84. The van der Waals surface area contributed by atoms with Crippen LogP contribution in [0, 0.1) is 0 Å². The van der Waals surface area contributed by atoms with Gasteiger partial charge < -0.3 is 19.4 Å². The van der Waals surface area contributed by atoms with Crippen molar-refractivity contribution in [2.24, 2.45) is 0 Å². The lowest BCUT2D eigenvalue weighted by Gasteiger charge is -2.35. The van der Waals surface area contributed by atoms with Crippen LogP contribution in [0.3, 0.4) is 0 Å². The summed E-state index contributed by atoms with van der Waals surface area (Å²) in [6.45, 7) is 5.76. The molecule has 1 aromatic carbocycles. The van der Waals surface area contributed by atoms with Gasteiger partial charge in [-0.25, -0.2) is 0 Å². The van der Waals surface area contributed by atoms with Crippen LogP contribution >= 0.6 is 0 Å². The van der Waals surface area contributed by atoms with Crippen molar-refractivity contribution in [2.75, 3.05) is 62.3 Å². The Hall–Kier alpha value is -3.53. The first-order valence-corrected chi connectivity index (χ1v) is 10.5. The Morgan fingerprint density at radius 2 is 1.65 bits per heavy atom. The van der Waals surface area contributed by atoms with E-state index < -0.39 is 0 Å². The maximum Gasteiger partial charge on any atom is 0.276 e. The molecule has 2 saturated heterocycles. The van der Waals surface area contributed by atoms with Gasteiger partial charge in [0.25, 0.3) is 5.91 Å². The predicted octanol–water partition coefficient (Wildman–Crippen LogP) is 0.856. The van der Waals surface area contributed by atoms with Crippen LogP contribution in [0.4, 0.5) is 11.5 Å². The number of piperazine rings is 1. The quantitative estimate of drug-likeness (QED) is 0.614. The number of hydrogen-bond acceptors (Lipinski definition) is 8. The first-order chi connectivity index (χ1) is 15.3. The second kappa shape index (κ2) is 8.68. The molecule has 160 valence electrons. The molecule has 0 spiro atoms. The molecule has 2 aromatic heterocycles. The average Bonchev–Trinajstić information content (AvgIpc) is 3.35. The number of carbonyl (C=O) groups is 1. The lowest BCUT2D eigenvalue weighted by Crippen LogP contribution is -2.49. The van der Waals surface area contributed by atoms with E-state index >= 15 is 0 Å². The zero-order valence-corrected chi connectivity index (χ0v) is 17.2. The first-order valence-electron chi connectivity index (χ1n) is 10.5. The minimum absolute atomic E-state index is 0.102. The number of amides is 1. The maximum atomic E-state index is 12.9. The normalized spacial score (nSPS) is 17.1. The van der Waals surface area contributed by atoms with Crippen LogP contribution in [0.25, 0.3) is 5.69 Å². The molecule has 5 rings (SSSR count). The zero-order valence-electron chi connectivity index (χ0n) is 17.2. The van der Waals surface area contributed by atoms with Gasteiger partial charge in [0.1, 0.15) is 0 Å². The summed E-state index contributed by atoms with van der Waals surface area (Å²) in [7, 11) is 0. The van der Waals surface area contributed by atoms with Gasteiger partial charge in [-0.05, 0) is 12.1 Å². The van der Waals surface area contributed by atoms with Crippen LogP contribution in [0.2, 0.25) is 0 Å². The van der Waals surface area contributed by atoms with Gasteiger partial charge in [0, 0.05) is 45.3 Å². The van der Waals surface area contributed by atoms with Crippen molar-refractivity contribution in [3.8, 4) is 5.69 Å². The van der Waals surface area contributed by atoms with Crippen molar-refractivity contribution in [3.05, 3.63) is 54.5 Å². The number of aromatic nitrogens is 5. The molecule has 0 unspecified atom stereocenters. The van der Waals surface area contributed by atoms with Crippen molar-refractivity contribution in [1.29, 1.82) is 0 Å². The Bertz CT molecular complexity index is 1030. The second-order valence-corrected chi connectivity index (χ2v) is 7.51. The first kappa shape index (κ1) is 19.4. The summed E-state index contributed by atoms with van der Waals surface area (Å²) >= 11 is 0. The third-order valence-electron chi connectivity index (χ3n) is 5.59. The van der Waals surface area contributed by atoms with E-state index in [1.165, 1.54) is 11.0 Å². The Labute approximate surface area is 180 Å². The zero-order chi connectivity index (χ0) is 21.0. The average molecular weight is 420 g/mol. The highest BCUT2D eigenvalue weighted by Gasteiger charge is 2.25. The van der Waals surface area contributed by atoms with Crippen LogP contribution in [0.1, 0.15) is 10.5 Å². The standard InChI is InChI=1S/C21H24N8O2/c30-21(19-16-23-29(25-19)17-4-2-1-3-5-17)28-8-6-27(7-9-28)20-14-18(15-22-24-20)26-10-12-31-13-11-26/h1-5,14-16H,6-13H2. The monoisotopic (exact) mass is 420 g/mol. The van der Waals surface area contributed by atoms with E-state index in [0.29, 0.717) is 31.9 Å². The number of nitrogens with zero attached hydrogens (tertiary/aromatic N) is 8. The fourth-order valence-electron chi connectivity index (χ4n) is 3.84. The van der Waals surface area contributed by atoms with Crippen LogP contribution < -0.4 is 9.80 Å². The summed E-state index contributed by atoms with van der Waals surface area (Å²) in [5.74, 6) is 0.737. The lowest BCUT2D eigenvalue weighted by molar-refractivity contribution is 0.0740. The number of hydrogen-bond donors (Lipinski definition) is 0. The number of para-hydroxylation sites is 1. The van der Waals surface area contributed by atoms with Gasteiger partial charge in [-0.3, -0.25) is 4.79 Å². The van der Waals surface area contributed by atoms with E-state index in [-0.39, 0.29) is 5.91 Å². The molecular formula is C21H24N8O2. The van der Waals surface area contributed by atoms with Gasteiger partial charge in [-0.2, -0.15) is 15.0 Å². The molecule has 3 aromatic rings. The van der Waals surface area contributed by atoms with E-state index in [9.17, 15) is 4.79 Å². The number of rotatable bonds is 4. The molecule has 2 aliphatic rings. The van der Waals surface area contributed by atoms with Gasteiger partial charge in [-0.15, -0.1) is 10.2 Å². The van der Waals surface area contributed by atoms with Crippen LogP contribution in [0.5, 0.6) is 0 Å². The largest absolute Gasteiger partial charge is 0.378 e. The topological polar surface area (TPSA) is 92.5 Å². The van der Waals surface area contributed by atoms with Gasteiger partial charge in [0.2, 0.25) is 0 Å². The number of carbonyl (C=O) groups excluding carboxylic acids is 1. The van der Waals surface area contributed by atoms with Gasteiger partial charge in [0.05, 0.1) is 37.0 Å². The SMILES string of the molecule is O=C(c1cnn(-c2ccccc2)n1)N1CCN(c2cc(N3CCOCC3)cnn2)CC1. The highest BCUT2D eigenvalue weighted by atomic mass is 16.5. The van der Waals surface area contributed by atoms with Crippen molar-refractivity contribution in [1.82, 2.24) is 30.1 Å². The van der Waals surface area contributed by atoms with E-state index in [2.05, 4.69) is 36.3 Å². The van der Waals surface area contributed by atoms with Crippen LogP contribution in [-0.2, 0) is 4.74 Å². The fraction of sp³-hybridized carbons (Fsp3) is 0.381. The summed E-state index contributed by atoms with van der Waals surface area (Å²) < 4.78 is 5.43. The molecule has 2 fully saturated rings. The summed E-state index contributed by atoms with van der Waals surface area (Å²) in [6.07, 6.45) is 3.32. The Morgan fingerprint density at radius 3 is 2.42 bits per heavy atom. The van der Waals surface area contributed by atoms with Crippen LogP contribution in [-0.4, -0.2) is 88.5 Å². The molecule has 2 aliphatic heterocycles. The predicted molar refractivity (Wildman–Crippen MR) is 115 cm³/mol. The molecule has 0 atom stereocenters. The van der Waals surface area contributed by atoms with Gasteiger partial charge >= 0.3 is 0 Å². The number of morpholine rings is 1. The third-order valence-corrected chi connectivity index (χ3v) is 5.59. The molecule has 0 saturated carbocycles. The lowest BCUT2D eigenvalue weighted by atomic mass is 10.2. The molecule has 10 heteroatoms. The van der Waals surface area contributed by atoms with E-state index in [0.717, 1.165) is 43.5 Å².